The van der Waals surface area contributed by atoms with Crippen molar-refractivity contribution < 1.29 is 9.59 Å². The summed E-state index contributed by atoms with van der Waals surface area (Å²) in [5, 5.41) is 3.41. The average Bonchev–Trinajstić information content (AvgIpc) is 2.82. The highest BCUT2D eigenvalue weighted by Gasteiger charge is 2.52. The van der Waals surface area contributed by atoms with Gasteiger partial charge in [0.1, 0.15) is 0 Å². The molecule has 0 aromatic heterocycles. The van der Waals surface area contributed by atoms with Crippen LogP contribution in [0.4, 0.5) is 4.79 Å². The van der Waals surface area contributed by atoms with E-state index in [1.54, 1.807) is 4.90 Å². The molecule has 2 aliphatic heterocycles. The lowest BCUT2D eigenvalue weighted by molar-refractivity contribution is -0.134. The first-order valence-corrected chi connectivity index (χ1v) is 8.99. The molecule has 5 nitrogen and oxygen atoms in total. The molecule has 1 unspecified atom stereocenters. The molecule has 0 saturated carbocycles. The van der Waals surface area contributed by atoms with Gasteiger partial charge in [0, 0.05) is 32.5 Å². The predicted octanol–water partition coefficient (Wildman–Crippen LogP) is 2.48. The molecular weight excluding hydrogens is 322 g/mol. The van der Waals surface area contributed by atoms with Crippen LogP contribution in [-0.4, -0.2) is 45.7 Å². The Balaban J connectivity index is 1.84. The molecule has 1 N–H and O–H groups in total. The molecule has 1 aromatic carbocycles. The molecule has 24 heavy (non-hydrogen) atoms. The first-order chi connectivity index (χ1) is 11.4. The number of rotatable bonds is 3. The zero-order valence-electron chi connectivity index (χ0n) is 14.2. The van der Waals surface area contributed by atoms with Gasteiger partial charge in [-0.25, -0.2) is 0 Å². The Hall–Kier alpha value is -1.53. The summed E-state index contributed by atoms with van der Waals surface area (Å²) in [6.45, 7) is 5.99. The summed E-state index contributed by atoms with van der Waals surface area (Å²) in [6.07, 6.45) is 1.47. The number of benzene rings is 1. The fourth-order valence-corrected chi connectivity index (χ4v) is 3.94. The zero-order valence-corrected chi connectivity index (χ0v) is 15.1. The molecular formula is C18H25N3O2S. The van der Waals surface area contributed by atoms with Crippen molar-refractivity contribution in [2.24, 2.45) is 5.92 Å². The minimum atomic E-state index is -0.360. The lowest BCUT2D eigenvalue weighted by Crippen LogP contribution is -2.59. The zero-order chi connectivity index (χ0) is 17.3. The normalized spacial score (nSPS) is 23.3. The molecule has 1 atom stereocenters. The summed E-state index contributed by atoms with van der Waals surface area (Å²) in [5.74, 6) is 0.402. The van der Waals surface area contributed by atoms with Gasteiger partial charge in [0.25, 0.3) is 5.24 Å². The highest BCUT2D eigenvalue weighted by atomic mass is 32.1. The van der Waals surface area contributed by atoms with E-state index < -0.39 is 0 Å². The number of nitrogens with zero attached hydrogens (tertiary/aromatic N) is 2. The van der Waals surface area contributed by atoms with Gasteiger partial charge in [-0.2, -0.15) is 0 Å². The van der Waals surface area contributed by atoms with E-state index in [0.717, 1.165) is 18.4 Å². The number of hydrogen-bond acceptors (Lipinski definition) is 3. The van der Waals surface area contributed by atoms with Gasteiger partial charge in [-0.15, -0.1) is 0 Å². The molecule has 0 aliphatic carbocycles. The highest BCUT2D eigenvalue weighted by Crippen LogP contribution is 2.35. The number of likely N-dealkylation sites (tertiary alicyclic amines) is 1. The van der Waals surface area contributed by atoms with Gasteiger partial charge >= 0.3 is 0 Å². The second-order valence-corrected chi connectivity index (χ2v) is 7.46. The third-order valence-corrected chi connectivity index (χ3v) is 5.47. The van der Waals surface area contributed by atoms with E-state index in [0.29, 0.717) is 19.6 Å². The minimum Gasteiger partial charge on any atom is -0.334 e. The van der Waals surface area contributed by atoms with Crippen LogP contribution >= 0.6 is 12.6 Å². The third kappa shape index (κ3) is 3.17. The van der Waals surface area contributed by atoms with Gasteiger partial charge in [-0.1, -0.05) is 56.8 Å². The van der Waals surface area contributed by atoms with E-state index in [1.807, 2.05) is 23.1 Å². The number of piperidine rings is 1. The predicted molar refractivity (Wildman–Crippen MR) is 96.7 cm³/mol. The number of hydrogen-bond donors (Lipinski definition) is 2. The number of carbonyl (C=O) groups excluding carboxylic acids is 2. The van der Waals surface area contributed by atoms with E-state index >= 15 is 0 Å². The van der Waals surface area contributed by atoms with Crippen LogP contribution in [0.1, 0.15) is 32.3 Å². The number of nitrogens with one attached hydrogen (secondary N) is 1. The first kappa shape index (κ1) is 17.3. The van der Waals surface area contributed by atoms with Crippen molar-refractivity contribution in [3.05, 3.63) is 35.9 Å². The number of carbonyl (C=O) groups is 2. The number of thiol groups is 1. The molecule has 2 fully saturated rings. The maximum absolute atomic E-state index is 13.0. The summed E-state index contributed by atoms with van der Waals surface area (Å²) in [6, 6.07) is 9.92. The monoisotopic (exact) mass is 347 g/mol. The van der Waals surface area contributed by atoms with Gasteiger partial charge in [0.15, 0.2) is 0 Å². The highest BCUT2D eigenvalue weighted by molar-refractivity contribution is 7.96. The van der Waals surface area contributed by atoms with E-state index in [9.17, 15) is 9.59 Å². The molecule has 2 amide bonds. The van der Waals surface area contributed by atoms with Crippen LogP contribution in [0.5, 0.6) is 0 Å². The molecule has 6 heteroatoms. The minimum absolute atomic E-state index is 0.160. The SMILES string of the molecule is CC(C)C1NC2(CCN(C(=O)S)CC2)N(Cc2ccccc2)C1=O. The number of amides is 2. The fourth-order valence-electron chi connectivity index (χ4n) is 3.74. The third-order valence-electron chi connectivity index (χ3n) is 5.18. The van der Waals surface area contributed by atoms with E-state index in [-0.39, 0.29) is 28.8 Å². The molecule has 1 spiro atoms. The van der Waals surface area contributed by atoms with Crippen molar-refractivity contribution in [2.45, 2.75) is 44.9 Å². The summed E-state index contributed by atoms with van der Waals surface area (Å²) < 4.78 is 0. The van der Waals surface area contributed by atoms with Crippen molar-refractivity contribution in [3.8, 4) is 0 Å². The average molecular weight is 347 g/mol. The molecule has 2 saturated heterocycles. The molecule has 3 rings (SSSR count). The quantitative estimate of drug-likeness (QED) is 0.826. The van der Waals surface area contributed by atoms with Crippen molar-refractivity contribution in [2.75, 3.05) is 13.1 Å². The Morgan fingerprint density at radius 2 is 1.92 bits per heavy atom. The van der Waals surface area contributed by atoms with Gasteiger partial charge in [-0.3, -0.25) is 14.9 Å². The summed E-state index contributed by atoms with van der Waals surface area (Å²) in [5.41, 5.74) is 0.769. The van der Waals surface area contributed by atoms with Crippen molar-refractivity contribution >= 4 is 23.8 Å². The first-order valence-electron chi connectivity index (χ1n) is 8.54. The van der Waals surface area contributed by atoms with Gasteiger partial charge in [0.2, 0.25) is 5.91 Å². The van der Waals surface area contributed by atoms with E-state index in [4.69, 9.17) is 0 Å². The van der Waals surface area contributed by atoms with E-state index in [1.165, 1.54) is 0 Å². The summed E-state index contributed by atoms with van der Waals surface area (Å²) in [4.78, 5) is 28.2. The second-order valence-electron chi connectivity index (χ2n) is 7.08. The van der Waals surface area contributed by atoms with Crippen LogP contribution < -0.4 is 5.32 Å². The molecule has 1 aromatic rings. The van der Waals surface area contributed by atoms with Crippen LogP contribution in [0.2, 0.25) is 0 Å². The molecule has 0 bridgehead atoms. The molecule has 2 heterocycles. The summed E-state index contributed by atoms with van der Waals surface area (Å²) in [7, 11) is 0. The largest absolute Gasteiger partial charge is 0.334 e. The van der Waals surface area contributed by atoms with Crippen LogP contribution in [0, 0.1) is 5.92 Å². The Morgan fingerprint density at radius 1 is 1.29 bits per heavy atom. The van der Waals surface area contributed by atoms with Crippen LogP contribution in [0.25, 0.3) is 0 Å². The van der Waals surface area contributed by atoms with Crippen molar-refractivity contribution in [1.29, 1.82) is 0 Å². The van der Waals surface area contributed by atoms with E-state index in [2.05, 4.69) is 43.9 Å². The topological polar surface area (TPSA) is 52.7 Å². The molecule has 130 valence electrons. The Bertz CT molecular complexity index is 612. The molecule has 2 aliphatic rings. The fraction of sp³-hybridized carbons (Fsp3) is 0.556. The van der Waals surface area contributed by atoms with Gasteiger partial charge in [0.05, 0.1) is 11.7 Å². The van der Waals surface area contributed by atoms with Gasteiger partial charge in [-0.05, 0) is 11.5 Å². The summed E-state index contributed by atoms with van der Waals surface area (Å²) >= 11 is 3.93. The lowest BCUT2D eigenvalue weighted by atomic mass is 9.95. The molecule has 0 radical (unpaired) electrons. The maximum atomic E-state index is 13.0. The Labute approximate surface area is 148 Å². The Kier molecular flexibility index (Phi) is 4.88. The second kappa shape index (κ2) is 6.76. The van der Waals surface area contributed by atoms with Crippen molar-refractivity contribution in [3.63, 3.8) is 0 Å². The smallest absolute Gasteiger partial charge is 0.278 e. The standard InChI is InChI=1S/C18H25N3O2S/c1-13(2)15-16(22)21(12-14-6-4-3-5-7-14)18(19-15)8-10-20(11-9-18)17(23)24/h3-7,13,15,19H,8-12H2,1-2H3,(H,23,24). The van der Waals surface area contributed by atoms with Crippen LogP contribution in [-0.2, 0) is 11.3 Å². The maximum Gasteiger partial charge on any atom is 0.278 e. The van der Waals surface area contributed by atoms with Gasteiger partial charge < -0.3 is 9.80 Å². The Morgan fingerprint density at radius 3 is 2.46 bits per heavy atom. The van der Waals surface area contributed by atoms with Crippen LogP contribution in [0.15, 0.2) is 30.3 Å². The lowest BCUT2D eigenvalue weighted by Gasteiger charge is -2.44. The van der Waals surface area contributed by atoms with Crippen molar-refractivity contribution in [1.82, 2.24) is 15.1 Å². The van der Waals surface area contributed by atoms with Crippen LogP contribution in [0.3, 0.4) is 0 Å².